The van der Waals surface area contributed by atoms with E-state index in [2.05, 4.69) is 6.92 Å². The number of hydrogen-bond donors (Lipinski definition) is 3. The van der Waals surface area contributed by atoms with E-state index in [-0.39, 0.29) is 30.1 Å². The van der Waals surface area contributed by atoms with Crippen LogP contribution < -0.4 is 0 Å². The number of carboxylic acids is 1. The molecule has 6 heteroatoms. The Kier molecular flexibility index (Phi) is 11.0. The molecule has 2 unspecified atom stereocenters. The zero-order valence-corrected chi connectivity index (χ0v) is 16.2. The molecule has 0 spiro atoms. The molecule has 0 aromatic rings. The van der Waals surface area contributed by atoms with E-state index in [1.165, 1.54) is 6.92 Å². The summed E-state index contributed by atoms with van der Waals surface area (Å²) in [5, 5.41) is 29.1. The highest BCUT2D eigenvalue weighted by Crippen LogP contribution is 2.36. The van der Waals surface area contributed by atoms with E-state index < -0.39 is 18.2 Å². The van der Waals surface area contributed by atoms with E-state index in [1.807, 2.05) is 0 Å². The summed E-state index contributed by atoms with van der Waals surface area (Å²) >= 11 is 0. The molecule has 0 amide bonds. The maximum Gasteiger partial charge on any atom is 0.332 e. The maximum atomic E-state index is 12.2. The number of carbonyl (C=O) groups excluding carboxylic acids is 1. The molecule has 0 saturated heterocycles. The molecule has 152 valence electrons. The first kappa shape index (κ1) is 23.1. The quantitative estimate of drug-likeness (QED) is 0.405. The zero-order valence-electron chi connectivity index (χ0n) is 16.2. The van der Waals surface area contributed by atoms with Gasteiger partial charge in [0.25, 0.3) is 0 Å². The molecule has 1 fully saturated rings. The number of ether oxygens (including phenoxy) is 1. The van der Waals surface area contributed by atoms with Gasteiger partial charge in [0.15, 0.2) is 6.10 Å². The van der Waals surface area contributed by atoms with Crippen LogP contribution in [0.25, 0.3) is 0 Å². The van der Waals surface area contributed by atoms with Crippen LogP contribution >= 0.6 is 0 Å². The van der Waals surface area contributed by atoms with Crippen molar-refractivity contribution in [3.63, 3.8) is 0 Å². The van der Waals surface area contributed by atoms with E-state index >= 15 is 0 Å². The molecule has 1 aliphatic rings. The molecule has 1 aliphatic carbocycles. The number of aliphatic carboxylic acids is 1. The number of ketones is 1. The third-order valence-corrected chi connectivity index (χ3v) is 5.43. The van der Waals surface area contributed by atoms with E-state index in [0.717, 1.165) is 32.1 Å². The second kappa shape index (κ2) is 12.4. The number of aliphatic hydroxyl groups excluding tert-OH is 2. The van der Waals surface area contributed by atoms with Gasteiger partial charge in [-0.3, -0.25) is 4.79 Å². The van der Waals surface area contributed by atoms with Gasteiger partial charge in [-0.25, -0.2) is 4.79 Å². The summed E-state index contributed by atoms with van der Waals surface area (Å²) in [6.45, 7) is 3.99. The molecule has 26 heavy (non-hydrogen) atoms. The minimum absolute atomic E-state index is 0.0674. The monoisotopic (exact) mass is 372 g/mol. The van der Waals surface area contributed by atoms with Crippen LogP contribution in [0.2, 0.25) is 0 Å². The lowest BCUT2D eigenvalue weighted by Crippen LogP contribution is -2.23. The molecule has 5 atom stereocenters. The number of aliphatic hydroxyl groups is 2. The van der Waals surface area contributed by atoms with E-state index in [0.29, 0.717) is 32.3 Å². The first-order valence-corrected chi connectivity index (χ1v) is 10.1. The van der Waals surface area contributed by atoms with Gasteiger partial charge in [-0.05, 0) is 44.9 Å². The van der Waals surface area contributed by atoms with Gasteiger partial charge in [-0.2, -0.15) is 0 Å². The largest absolute Gasteiger partial charge is 0.479 e. The van der Waals surface area contributed by atoms with E-state index in [1.54, 1.807) is 0 Å². The van der Waals surface area contributed by atoms with Crippen LogP contribution in [0.3, 0.4) is 0 Å². The average Bonchev–Trinajstić information content (AvgIpc) is 2.85. The van der Waals surface area contributed by atoms with Crippen molar-refractivity contribution in [2.75, 3.05) is 6.61 Å². The van der Waals surface area contributed by atoms with Gasteiger partial charge in [0.2, 0.25) is 0 Å². The Balaban J connectivity index is 2.32. The van der Waals surface area contributed by atoms with Crippen molar-refractivity contribution in [1.29, 1.82) is 0 Å². The Morgan fingerprint density at radius 3 is 2.58 bits per heavy atom. The summed E-state index contributed by atoms with van der Waals surface area (Å²) < 4.78 is 5.20. The third kappa shape index (κ3) is 8.14. The normalized spacial score (nSPS) is 25.4. The second-order valence-electron chi connectivity index (χ2n) is 7.58. The molecule has 0 bridgehead atoms. The lowest BCUT2D eigenvalue weighted by molar-refractivity contribution is -0.149. The van der Waals surface area contributed by atoms with Crippen molar-refractivity contribution in [2.45, 2.75) is 96.4 Å². The van der Waals surface area contributed by atoms with Crippen molar-refractivity contribution in [2.24, 2.45) is 11.8 Å². The fourth-order valence-electron chi connectivity index (χ4n) is 3.74. The van der Waals surface area contributed by atoms with Crippen molar-refractivity contribution in [1.82, 2.24) is 0 Å². The minimum atomic E-state index is -0.975. The van der Waals surface area contributed by atoms with Crippen LogP contribution in [-0.4, -0.2) is 52.0 Å². The van der Waals surface area contributed by atoms with Gasteiger partial charge in [0, 0.05) is 18.9 Å². The number of carbonyl (C=O) groups is 2. The van der Waals surface area contributed by atoms with Crippen molar-refractivity contribution in [3.05, 3.63) is 0 Å². The van der Waals surface area contributed by atoms with Crippen molar-refractivity contribution in [3.8, 4) is 0 Å². The average molecular weight is 373 g/mol. The standard InChI is InChI=1S/C20H36O6/c1-3-4-5-8-15(21)10-11-17-16(18(22)13-19(17)23)9-6-7-12-26-14(2)20(24)25/h14-17,19,21,23H,3-13H2,1-2H3,(H,24,25)/t14?,15?,16-,17-,19-/m1/s1. The van der Waals surface area contributed by atoms with Crippen LogP contribution in [0.15, 0.2) is 0 Å². The highest BCUT2D eigenvalue weighted by molar-refractivity contribution is 5.84. The van der Waals surface area contributed by atoms with E-state index in [9.17, 15) is 19.8 Å². The molecule has 1 saturated carbocycles. The topological polar surface area (TPSA) is 104 Å². The van der Waals surface area contributed by atoms with Gasteiger partial charge >= 0.3 is 5.97 Å². The van der Waals surface area contributed by atoms with Gasteiger partial charge in [-0.1, -0.05) is 32.6 Å². The fraction of sp³-hybridized carbons (Fsp3) is 0.900. The number of carboxylic acid groups (broad SMARTS) is 1. The number of rotatable bonds is 14. The first-order valence-electron chi connectivity index (χ1n) is 10.1. The number of Topliss-reactive ketones (excluding diaryl/α,β-unsaturated/α-hetero) is 1. The second-order valence-corrected chi connectivity index (χ2v) is 7.58. The lowest BCUT2D eigenvalue weighted by atomic mass is 9.85. The Morgan fingerprint density at radius 2 is 1.92 bits per heavy atom. The molecule has 1 rings (SSSR count). The highest BCUT2D eigenvalue weighted by Gasteiger charge is 2.40. The Bertz CT molecular complexity index is 425. The molecule has 0 radical (unpaired) electrons. The molecule has 6 nitrogen and oxygen atoms in total. The zero-order chi connectivity index (χ0) is 19.5. The van der Waals surface area contributed by atoms with Gasteiger partial charge < -0.3 is 20.1 Å². The summed E-state index contributed by atoms with van der Waals surface area (Å²) in [4.78, 5) is 22.9. The summed E-state index contributed by atoms with van der Waals surface area (Å²) in [5.41, 5.74) is 0. The summed E-state index contributed by atoms with van der Waals surface area (Å²) in [7, 11) is 0. The molecular formula is C20H36O6. The van der Waals surface area contributed by atoms with Crippen LogP contribution in [0.5, 0.6) is 0 Å². The number of unbranched alkanes of at least 4 members (excludes halogenated alkanes) is 3. The molecule has 0 aromatic heterocycles. The molecule has 3 N–H and O–H groups in total. The molecule has 0 heterocycles. The SMILES string of the molecule is CCCCCC(O)CC[C@H]1[C@H](O)CC(=O)[C@@H]1CCCCOC(C)C(=O)O. The van der Waals surface area contributed by atoms with Crippen LogP contribution in [0.4, 0.5) is 0 Å². The Hall–Kier alpha value is -0.980. The van der Waals surface area contributed by atoms with Crippen molar-refractivity contribution >= 4 is 11.8 Å². The van der Waals surface area contributed by atoms with Crippen LogP contribution in [0, 0.1) is 11.8 Å². The summed E-state index contributed by atoms with van der Waals surface area (Å²) in [6.07, 6.45) is 5.97. The van der Waals surface area contributed by atoms with Gasteiger partial charge in [-0.15, -0.1) is 0 Å². The lowest BCUT2D eigenvalue weighted by Gasteiger charge is -2.22. The maximum absolute atomic E-state index is 12.2. The van der Waals surface area contributed by atoms with Crippen LogP contribution in [0.1, 0.15) is 78.1 Å². The number of hydrogen-bond acceptors (Lipinski definition) is 5. The highest BCUT2D eigenvalue weighted by atomic mass is 16.5. The molecule has 0 aromatic carbocycles. The predicted molar refractivity (Wildman–Crippen MR) is 98.9 cm³/mol. The molecular weight excluding hydrogens is 336 g/mol. The smallest absolute Gasteiger partial charge is 0.332 e. The summed E-state index contributed by atoms with van der Waals surface area (Å²) in [6, 6.07) is 0. The Morgan fingerprint density at radius 1 is 1.19 bits per heavy atom. The van der Waals surface area contributed by atoms with Crippen molar-refractivity contribution < 1.29 is 29.6 Å². The summed E-state index contributed by atoms with van der Waals surface area (Å²) in [5.74, 6) is -1.08. The minimum Gasteiger partial charge on any atom is -0.479 e. The molecule has 0 aliphatic heterocycles. The first-order chi connectivity index (χ1) is 12.4. The van der Waals surface area contributed by atoms with Gasteiger partial charge in [0.1, 0.15) is 5.78 Å². The predicted octanol–water partition coefficient (Wildman–Crippen LogP) is 2.93. The third-order valence-electron chi connectivity index (χ3n) is 5.43. The van der Waals surface area contributed by atoms with E-state index in [4.69, 9.17) is 9.84 Å². The van der Waals surface area contributed by atoms with Crippen LogP contribution in [-0.2, 0) is 14.3 Å². The Labute approximate surface area is 156 Å². The van der Waals surface area contributed by atoms with Gasteiger partial charge in [0.05, 0.1) is 12.2 Å². The fourth-order valence-corrected chi connectivity index (χ4v) is 3.74.